The number of aromatic carboxylic acids is 1. The highest BCUT2D eigenvalue weighted by molar-refractivity contribution is 6.34. The van der Waals surface area contributed by atoms with Gasteiger partial charge in [0.2, 0.25) is 0 Å². The number of anilines is 1. The van der Waals surface area contributed by atoms with Crippen molar-refractivity contribution in [1.29, 1.82) is 0 Å². The molecule has 2 N–H and O–H groups in total. The van der Waals surface area contributed by atoms with E-state index in [1.807, 2.05) is 0 Å². The number of hydrogen-bond acceptors (Lipinski definition) is 3. The van der Waals surface area contributed by atoms with Gasteiger partial charge in [-0.25, -0.2) is 4.79 Å². The molecule has 0 atom stereocenters. The van der Waals surface area contributed by atoms with Crippen LogP contribution in [0.25, 0.3) is 0 Å². The lowest BCUT2D eigenvalue weighted by molar-refractivity contribution is 0.0696. The maximum Gasteiger partial charge on any atom is 0.335 e. The van der Waals surface area contributed by atoms with Crippen LogP contribution in [-0.2, 0) is 0 Å². The minimum absolute atomic E-state index is 0.0504. The van der Waals surface area contributed by atoms with Gasteiger partial charge in [-0.3, -0.25) is 9.78 Å². The van der Waals surface area contributed by atoms with Crippen molar-refractivity contribution < 1.29 is 14.7 Å². The fraction of sp³-hybridized carbons (Fsp3) is 0. The maximum atomic E-state index is 11.9. The molecule has 0 unspecified atom stereocenters. The molecule has 1 aromatic heterocycles. The summed E-state index contributed by atoms with van der Waals surface area (Å²) >= 11 is 5.91. The summed E-state index contributed by atoms with van der Waals surface area (Å²) in [7, 11) is 0. The number of nitrogens with one attached hydrogen (secondary N) is 1. The quantitative estimate of drug-likeness (QED) is 0.903. The predicted octanol–water partition coefficient (Wildman–Crippen LogP) is 2.69. The Hall–Kier alpha value is -2.40. The third kappa shape index (κ3) is 3.08. The standard InChI is InChI=1S/C13H9ClN2O3/c14-10-2-1-9(13(18)19)7-11(10)16-12(17)8-3-5-15-6-4-8/h1-7H,(H,16,17)(H,18,19). The highest BCUT2D eigenvalue weighted by Gasteiger charge is 2.11. The fourth-order valence-electron chi connectivity index (χ4n) is 1.45. The molecule has 0 radical (unpaired) electrons. The minimum atomic E-state index is -1.09. The van der Waals surface area contributed by atoms with E-state index in [4.69, 9.17) is 16.7 Å². The molecule has 1 aromatic carbocycles. The highest BCUT2D eigenvalue weighted by Crippen LogP contribution is 2.23. The Labute approximate surface area is 113 Å². The SMILES string of the molecule is O=C(O)c1ccc(Cl)c(NC(=O)c2ccncc2)c1. The van der Waals surface area contributed by atoms with E-state index in [9.17, 15) is 9.59 Å². The van der Waals surface area contributed by atoms with E-state index in [-0.39, 0.29) is 22.2 Å². The Balaban J connectivity index is 2.26. The molecule has 0 spiro atoms. The van der Waals surface area contributed by atoms with Crippen LogP contribution in [0.4, 0.5) is 5.69 Å². The summed E-state index contributed by atoms with van der Waals surface area (Å²) in [5, 5.41) is 11.7. The van der Waals surface area contributed by atoms with Crippen molar-refractivity contribution in [3.8, 4) is 0 Å². The topological polar surface area (TPSA) is 79.3 Å². The number of hydrogen-bond donors (Lipinski definition) is 2. The first-order valence-corrected chi connectivity index (χ1v) is 5.70. The van der Waals surface area contributed by atoms with Crippen molar-refractivity contribution in [2.45, 2.75) is 0 Å². The van der Waals surface area contributed by atoms with Gasteiger partial charge in [-0.15, -0.1) is 0 Å². The van der Waals surface area contributed by atoms with Gasteiger partial charge in [-0.05, 0) is 30.3 Å². The number of aromatic nitrogens is 1. The van der Waals surface area contributed by atoms with Gasteiger partial charge in [0.15, 0.2) is 0 Å². The van der Waals surface area contributed by atoms with E-state index in [0.717, 1.165) is 0 Å². The molecule has 0 bridgehead atoms. The molecule has 0 saturated carbocycles. The fourth-order valence-corrected chi connectivity index (χ4v) is 1.62. The van der Waals surface area contributed by atoms with Crippen LogP contribution < -0.4 is 5.32 Å². The summed E-state index contributed by atoms with van der Waals surface area (Å²) in [4.78, 5) is 26.6. The van der Waals surface area contributed by atoms with Gasteiger partial charge in [0.05, 0.1) is 16.3 Å². The number of carbonyl (C=O) groups excluding carboxylic acids is 1. The van der Waals surface area contributed by atoms with E-state index < -0.39 is 5.97 Å². The summed E-state index contributed by atoms with van der Waals surface area (Å²) in [5.41, 5.74) is 0.713. The molecule has 5 nitrogen and oxygen atoms in total. The number of carboxylic acids is 1. The largest absolute Gasteiger partial charge is 0.478 e. The normalized spacial score (nSPS) is 9.95. The molecule has 1 amide bonds. The van der Waals surface area contributed by atoms with Crippen molar-refractivity contribution in [3.05, 3.63) is 58.9 Å². The second-order valence-electron chi connectivity index (χ2n) is 3.69. The number of halogens is 1. The summed E-state index contributed by atoms with van der Waals surface area (Å²) in [6.07, 6.45) is 2.98. The molecule has 2 rings (SSSR count). The number of carbonyl (C=O) groups is 2. The third-order valence-electron chi connectivity index (χ3n) is 2.40. The van der Waals surface area contributed by atoms with E-state index >= 15 is 0 Å². The number of rotatable bonds is 3. The monoisotopic (exact) mass is 276 g/mol. The molecule has 6 heteroatoms. The number of pyridine rings is 1. The molecule has 2 aromatic rings. The zero-order chi connectivity index (χ0) is 13.8. The van der Waals surface area contributed by atoms with Crippen LogP contribution in [0.3, 0.4) is 0 Å². The average molecular weight is 277 g/mol. The minimum Gasteiger partial charge on any atom is -0.478 e. The maximum absolute atomic E-state index is 11.9. The van der Waals surface area contributed by atoms with Gasteiger partial charge in [-0.2, -0.15) is 0 Å². The molecular weight excluding hydrogens is 268 g/mol. The molecule has 1 heterocycles. The average Bonchev–Trinajstić information content (AvgIpc) is 2.42. The Morgan fingerprint density at radius 3 is 2.42 bits per heavy atom. The van der Waals surface area contributed by atoms with Crippen LogP contribution in [-0.4, -0.2) is 22.0 Å². The Kier molecular flexibility index (Phi) is 3.77. The number of amides is 1. The number of nitrogens with zero attached hydrogens (tertiary/aromatic N) is 1. The van der Waals surface area contributed by atoms with E-state index in [1.54, 1.807) is 12.1 Å². The molecule has 0 aliphatic rings. The van der Waals surface area contributed by atoms with Gasteiger partial charge in [0, 0.05) is 18.0 Å². The van der Waals surface area contributed by atoms with Crippen LogP contribution in [0.1, 0.15) is 20.7 Å². The Morgan fingerprint density at radius 1 is 1.11 bits per heavy atom. The molecule has 0 aliphatic heterocycles. The molecule has 0 aliphatic carbocycles. The van der Waals surface area contributed by atoms with Crippen LogP contribution in [0, 0.1) is 0 Å². The predicted molar refractivity (Wildman–Crippen MR) is 70.6 cm³/mol. The smallest absolute Gasteiger partial charge is 0.335 e. The first kappa shape index (κ1) is 13.0. The summed E-state index contributed by atoms with van der Waals surface area (Å²) in [6, 6.07) is 7.19. The molecule has 19 heavy (non-hydrogen) atoms. The summed E-state index contributed by atoms with van der Waals surface area (Å²) in [6.45, 7) is 0. The zero-order valence-corrected chi connectivity index (χ0v) is 10.4. The van der Waals surface area contributed by atoms with Crippen molar-refractivity contribution in [1.82, 2.24) is 4.98 Å². The van der Waals surface area contributed by atoms with E-state index in [2.05, 4.69) is 10.3 Å². The van der Waals surface area contributed by atoms with Gasteiger partial charge < -0.3 is 10.4 Å². The van der Waals surface area contributed by atoms with Crippen LogP contribution in [0.15, 0.2) is 42.7 Å². The first-order chi connectivity index (χ1) is 9.08. The van der Waals surface area contributed by atoms with Crippen LogP contribution >= 0.6 is 11.6 Å². The van der Waals surface area contributed by atoms with E-state index in [1.165, 1.54) is 30.6 Å². The van der Waals surface area contributed by atoms with E-state index in [0.29, 0.717) is 5.56 Å². The first-order valence-electron chi connectivity index (χ1n) is 5.32. The lowest BCUT2D eigenvalue weighted by atomic mass is 10.2. The second-order valence-corrected chi connectivity index (χ2v) is 4.10. The van der Waals surface area contributed by atoms with Crippen LogP contribution in [0.2, 0.25) is 5.02 Å². The molecule has 0 saturated heterocycles. The number of benzene rings is 1. The van der Waals surface area contributed by atoms with Crippen LogP contribution in [0.5, 0.6) is 0 Å². The Bertz CT molecular complexity index is 629. The van der Waals surface area contributed by atoms with Gasteiger partial charge >= 0.3 is 5.97 Å². The highest BCUT2D eigenvalue weighted by atomic mass is 35.5. The zero-order valence-electron chi connectivity index (χ0n) is 9.63. The Morgan fingerprint density at radius 2 is 1.79 bits per heavy atom. The summed E-state index contributed by atoms with van der Waals surface area (Å²) < 4.78 is 0. The summed E-state index contributed by atoms with van der Waals surface area (Å²) in [5.74, 6) is -1.47. The molecule has 0 fully saturated rings. The molecule has 96 valence electrons. The second kappa shape index (κ2) is 5.49. The third-order valence-corrected chi connectivity index (χ3v) is 2.73. The van der Waals surface area contributed by atoms with Crippen molar-refractivity contribution in [3.63, 3.8) is 0 Å². The lowest BCUT2D eigenvalue weighted by Gasteiger charge is -2.08. The van der Waals surface area contributed by atoms with Gasteiger partial charge in [0.1, 0.15) is 0 Å². The van der Waals surface area contributed by atoms with Gasteiger partial charge in [-0.1, -0.05) is 11.6 Å². The lowest BCUT2D eigenvalue weighted by Crippen LogP contribution is -2.12. The molecular formula is C13H9ClN2O3. The van der Waals surface area contributed by atoms with Crippen molar-refractivity contribution in [2.24, 2.45) is 0 Å². The van der Waals surface area contributed by atoms with Crippen molar-refractivity contribution in [2.75, 3.05) is 5.32 Å². The van der Waals surface area contributed by atoms with Gasteiger partial charge in [0.25, 0.3) is 5.91 Å². The van der Waals surface area contributed by atoms with Crippen molar-refractivity contribution >= 4 is 29.2 Å². The number of carboxylic acid groups (broad SMARTS) is 1.